The van der Waals surface area contributed by atoms with Crippen LogP contribution < -0.4 is 17.0 Å². The van der Waals surface area contributed by atoms with Gasteiger partial charge in [-0.15, -0.1) is 0 Å². The van der Waals surface area contributed by atoms with Gasteiger partial charge < -0.3 is 35.2 Å². The molecule has 0 aliphatic carbocycles. The van der Waals surface area contributed by atoms with E-state index in [0.29, 0.717) is 0 Å². The molecule has 1 fully saturated rings. The highest BCUT2D eigenvalue weighted by molar-refractivity contribution is 7.66. The Morgan fingerprint density at radius 1 is 1.14 bits per heavy atom. The zero-order valence-electron chi connectivity index (χ0n) is 13.9. The van der Waals surface area contributed by atoms with Crippen LogP contribution >= 0.6 is 23.5 Å². The van der Waals surface area contributed by atoms with E-state index < -0.39 is 65.8 Å². The first kappa shape index (κ1) is 24.2. The number of nitrogens with one attached hydrogen (secondary N) is 1. The maximum Gasteiger partial charge on any atom is 0.490 e. The van der Waals surface area contributed by atoms with Crippen LogP contribution in [0.5, 0.6) is 0 Å². The van der Waals surface area contributed by atoms with Crippen molar-refractivity contribution >= 4 is 23.5 Å². The zero-order valence-corrected chi connectivity index (χ0v) is 16.6. The van der Waals surface area contributed by atoms with Crippen molar-refractivity contribution in [2.45, 2.75) is 24.5 Å². The van der Waals surface area contributed by atoms with Crippen molar-refractivity contribution in [1.82, 2.24) is 9.55 Å². The van der Waals surface area contributed by atoms with E-state index in [4.69, 9.17) is 25.2 Å². The fourth-order valence-electron chi connectivity index (χ4n) is 2.25. The van der Waals surface area contributed by atoms with E-state index in [0.717, 1.165) is 16.8 Å². The Labute approximate surface area is 160 Å². The number of aliphatic hydroxyl groups is 1. The number of nitrogens with two attached hydrogens (primary N) is 1. The van der Waals surface area contributed by atoms with Gasteiger partial charge in [-0.2, -0.15) is 8.62 Å². The Hall–Kier alpha value is -1.03. The van der Waals surface area contributed by atoms with Gasteiger partial charge in [0.2, 0.25) is 0 Å². The number of aliphatic hydroxyl groups excluding tert-OH is 1. The lowest BCUT2D eigenvalue weighted by Crippen LogP contribution is -2.43. The van der Waals surface area contributed by atoms with Gasteiger partial charge in [-0.3, -0.25) is 18.9 Å². The second-order valence-electron chi connectivity index (χ2n) is 5.54. The van der Waals surface area contributed by atoms with Crippen molar-refractivity contribution in [3.63, 3.8) is 0 Å². The maximum absolute atomic E-state index is 11.8. The third-order valence-electron chi connectivity index (χ3n) is 3.36. The van der Waals surface area contributed by atoms with Crippen LogP contribution in [-0.2, 0) is 31.6 Å². The number of aromatic nitrogens is 2. The predicted molar refractivity (Wildman–Crippen MR) is 89.0 cm³/mol. The van der Waals surface area contributed by atoms with Crippen LogP contribution in [0, 0.1) is 0 Å². The Morgan fingerprint density at radius 2 is 1.76 bits per heavy atom. The molecule has 6 atom stereocenters. The second kappa shape index (κ2) is 8.61. The Bertz CT molecular complexity index is 1000. The SMILES string of the molecule is NC1[C@@H](O)[C@@H](COP(=O)(O)OP(=O)(O)OP(=O)(O)O)O[C@H]1n1ccc(=O)[nH]c1=O. The predicted octanol–water partition coefficient (Wildman–Crippen LogP) is -2.53. The van der Waals surface area contributed by atoms with Gasteiger partial charge in [-0.05, 0) is 0 Å². The normalized spacial score (nSPS) is 29.3. The first-order chi connectivity index (χ1) is 13.1. The minimum Gasteiger partial charge on any atom is -0.389 e. The van der Waals surface area contributed by atoms with Gasteiger partial charge in [-0.25, -0.2) is 18.5 Å². The van der Waals surface area contributed by atoms with E-state index in [1.54, 1.807) is 0 Å². The van der Waals surface area contributed by atoms with Crippen LogP contribution in [0.1, 0.15) is 6.23 Å². The largest absolute Gasteiger partial charge is 0.490 e. The van der Waals surface area contributed by atoms with Gasteiger partial charge in [0.25, 0.3) is 5.56 Å². The highest BCUT2D eigenvalue weighted by Gasteiger charge is 2.46. The third-order valence-corrected chi connectivity index (χ3v) is 7.16. The van der Waals surface area contributed by atoms with Gasteiger partial charge in [-0.1, -0.05) is 0 Å². The van der Waals surface area contributed by atoms with Crippen LogP contribution in [0.3, 0.4) is 0 Å². The van der Waals surface area contributed by atoms with Crippen molar-refractivity contribution in [1.29, 1.82) is 0 Å². The molecule has 3 unspecified atom stereocenters. The summed E-state index contributed by atoms with van der Waals surface area (Å²) in [4.78, 5) is 60.2. The molecule has 8 N–H and O–H groups in total. The highest BCUT2D eigenvalue weighted by Crippen LogP contribution is 2.66. The number of hydrogen-bond acceptors (Lipinski definition) is 11. The van der Waals surface area contributed by atoms with Crippen LogP contribution in [0.25, 0.3) is 0 Å². The lowest BCUT2D eigenvalue weighted by molar-refractivity contribution is -0.0455. The Balaban J connectivity index is 2.06. The van der Waals surface area contributed by atoms with E-state index in [1.165, 1.54) is 0 Å². The fraction of sp³-hybridized carbons (Fsp3) is 0.556. The van der Waals surface area contributed by atoms with Crippen LogP contribution in [0.2, 0.25) is 0 Å². The summed E-state index contributed by atoms with van der Waals surface area (Å²) in [5.41, 5.74) is 4.10. The van der Waals surface area contributed by atoms with Crippen molar-refractivity contribution in [3.8, 4) is 0 Å². The van der Waals surface area contributed by atoms with Gasteiger partial charge in [0, 0.05) is 12.3 Å². The van der Waals surface area contributed by atoms with E-state index in [-0.39, 0.29) is 0 Å². The zero-order chi connectivity index (χ0) is 22.2. The molecule has 1 saturated heterocycles. The second-order valence-corrected chi connectivity index (χ2v) is 9.96. The van der Waals surface area contributed by atoms with E-state index in [2.05, 4.69) is 13.1 Å². The average molecular weight is 483 g/mol. The quantitative estimate of drug-likeness (QED) is 0.188. The lowest BCUT2D eigenvalue weighted by atomic mass is 10.1. The molecule has 1 aliphatic rings. The third kappa shape index (κ3) is 6.73. The molecule has 2 heterocycles. The van der Waals surface area contributed by atoms with E-state index >= 15 is 0 Å². The van der Waals surface area contributed by atoms with E-state index in [9.17, 15) is 33.3 Å². The van der Waals surface area contributed by atoms with Crippen LogP contribution in [0.15, 0.2) is 21.9 Å². The molecule has 0 spiro atoms. The van der Waals surface area contributed by atoms with Crippen molar-refractivity contribution in [2.75, 3.05) is 6.61 Å². The molecule has 2 rings (SSSR count). The maximum atomic E-state index is 11.8. The molecule has 0 radical (unpaired) electrons. The summed E-state index contributed by atoms with van der Waals surface area (Å²) < 4.78 is 51.0. The Morgan fingerprint density at radius 3 is 2.31 bits per heavy atom. The summed E-state index contributed by atoms with van der Waals surface area (Å²) in [5.74, 6) is 0. The van der Waals surface area contributed by atoms with Crippen molar-refractivity contribution in [3.05, 3.63) is 33.1 Å². The molecule has 0 saturated carbocycles. The monoisotopic (exact) mass is 483 g/mol. The summed E-state index contributed by atoms with van der Waals surface area (Å²) in [6.07, 6.45) is -3.29. The van der Waals surface area contributed by atoms with Crippen LogP contribution in [-0.4, -0.2) is 59.1 Å². The van der Waals surface area contributed by atoms with Crippen molar-refractivity contribution < 1.29 is 56.3 Å². The minimum absolute atomic E-state index is 0.706. The number of H-pyrrole nitrogens is 1. The van der Waals surface area contributed by atoms with Crippen molar-refractivity contribution in [2.24, 2.45) is 5.73 Å². The molecular formula is C9H16N3O14P3. The summed E-state index contributed by atoms with van der Waals surface area (Å²) in [6.45, 7) is -0.965. The molecule has 0 bridgehead atoms. The number of hydrogen-bond donors (Lipinski definition) is 7. The molecule has 1 aliphatic heterocycles. The van der Waals surface area contributed by atoms with Crippen LogP contribution in [0.4, 0.5) is 0 Å². The summed E-state index contributed by atoms with van der Waals surface area (Å²) >= 11 is 0. The Kier molecular flexibility index (Phi) is 7.20. The molecule has 1 aromatic heterocycles. The number of phosphoric ester groups is 1. The number of rotatable bonds is 8. The number of aromatic amines is 1. The molecule has 17 nitrogen and oxygen atoms in total. The van der Waals surface area contributed by atoms with Gasteiger partial charge in [0.1, 0.15) is 12.2 Å². The molecule has 166 valence electrons. The van der Waals surface area contributed by atoms with Gasteiger partial charge >= 0.3 is 29.2 Å². The molecule has 1 aromatic rings. The molecular weight excluding hydrogens is 467 g/mol. The molecule has 0 amide bonds. The van der Waals surface area contributed by atoms with Gasteiger partial charge in [0.05, 0.1) is 12.6 Å². The molecule has 0 aromatic carbocycles. The van der Waals surface area contributed by atoms with E-state index in [1.807, 2.05) is 4.98 Å². The van der Waals surface area contributed by atoms with Gasteiger partial charge in [0.15, 0.2) is 6.23 Å². The number of phosphoric acid groups is 3. The summed E-state index contributed by atoms with van der Waals surface area (Å²) in [6, 6.07) is -0.281. The standard InChI is InChI=1S/C9H16N3O14P3/c10-6-7(14)4(24-8(6)12-2-1-5(13)11-9(12)15)3-23-28(19,20)26-29(21,22)25-27(16,17)18/h1-2,4,6-8,14H,3,10H2,(H,19,20)(H,21,22)(H,11,13,15)(H2,16,17,18)/t4-,6?,7+,8-/m1/s1. The average Bonchev–Trinajstić information content (AvgIpc) is 2.78. The number of nitrogens with zero attached hydrogens (tertiary/aromatic N) is 1. The topological polar surface area (TPSA) is 270 Å². The first-order valence-corrected chi connectivity index (χ1v) is 11.8. The first-order valence-electron chi connectivity index (χ1n) is 7.29. The fourth-order valence-corrected chi connectivity index (χ4v) is 5.28. The lowest BCUT2D eigenvalue weighted by Gasteiger charge is -2.19. The number of ether oxygens (including phenoxy) is 1. The summed E-state index contributed by atoms with van der Waals surface area (Å²) in [5, 5.41) is 10.1. The smallest absolute Gasteiger partial charge is 0.389 e. The minimum atomic E-state index is -5.70. The molecule has 29 heavy (non-hydrogen) atoms. The summed E-state index contributed by atoms with van der Waals surface area (Å²) in [7, 11) is -16.7. The molecule has 20 heteroatoms. The highest BCUT2D eigenvalue weighted by atomic mass is 31.3.